The molecule has 3 aromatic rings. The fraction of sp³-hybridized carbons (Fsp3) is 0.622. The van der Waals surface area contributed by atoms with Crippen LogP contribution in [0.4, 0.5) is 0 Å². The molecule has 4 fully saturated rings. The number of piperidine rings is 2. The van der Waals surface area contributed by atoms with Gasteiger partial charge in [0.2, 0.25) is 5.88 Å². The second-order valence-electron chi connectivity index (χ2n) is 12.5. The van der Waals surface area contributed by atoms with Crippen molar-refractivity contribution < 1.29 is 4.74 Å². The van der Waals surface area contributed by atoms with Crippen molar-refractivity contribution >= 4 is 11.0 Å². The molecule has 4 aliphatic rings. The number of aromatic nitrogens is 3. The maximum Gasteiger partial charge on any atom is 0.277 e. The van der Waals surface area contributed by atoms with Crippen molar-refractivity contribution in [1.29, 1.82) is 5.26 Å². The highest BCUT2D eigenvalue weighted by molar-refractivity contribution is 5.78. The monoisotopic (exact) mass is 599 g/mol. The minimum absolute atomic E-state index is 0.111. The van der Waals surface area contributed by atoms with Crippen molar-refractivity contribution in [1.82, 2.24) is 19.9 Å². The van der Waals surface area contributed by atoms with E-state index in [9.17, 15) is 10.1 Å². The Bertz CT molecular complexity index is 1440. The van der Waals surface area contributed by atoms with E-state index >= 15 is 0 Å². The molecule has 238 valence electrons. The van der Waals surface area contributed by atoms with E-state index in [1.165, 1.54) is 26.4 Å². The molecule has 0 spiro atoms. The summed E-state index contributed by atoms with van der Waals surface area (Å²) in [4.78, 5) is 22.7. The van der Waals surface area contributed by atoms with Crippen LogP contribution in [0, 0.1) is 29.1 Å². The fourth-order valence-electron chi connectivity index (χ4n) is 7.78. The number of pyridine rings is 1. The highest BCUT2D eigenvalue weighted by Crippen LogP contribution is 2.39. The van der Waals surface area contributed by atoms with E-state index in [-0.39, 0.29) is 23.0 Å². The minimum atomic E-state index is -0.132. The molecule has 4 atom stereocenters. The average Bonchev–Trinajstić information content (AvgIpc) is 3.08. The lowest BCUT2D eigenvalue weighted by atomic mass is 9.72. The van der Waals surface area contributed by atoms with Gasteiger partial charge in [-0.25, -0.2) is 9.97 Å². The number of hydrogen-bond acceptors (Lipinski definition) is 6. The predicted molar refractivity (Wildman–Crippen MR) is 180 cm³/mol. The van der Waals surface area contributed by atoms with Crippen LogP contribution in [0.3, 0.4) is 0 Å². The fourth-order valence-corrected chi connectivity index (χ4v) is 7.78. The van der Waals surface area contributed by atoms with Gasteiger partial charge in [0.15, 0.2) is 0 Å². The summed E-state index contributed by atoms with van der Waals surface area (Å²) in [6, 6.07) is 12.5. The van der Waals surface area contributed by atoms with Crippen LogP contribution in [-0.2, 0) is 0 Å². The number of methoxy groups -OCH3 is 1. The van der Waals surface area contributed by atoms with E-state index in [0.717, 1.165) is 42.1 Å². The number of rotatable bonds is 3. The van der Waals surface area contributed by atoms with Gasteiger partial charge in [0.25, 0.3) is 5.56 Å². The molecule has 4 heterocycles. The topological polar surface area (TPSA) is 92.8 Å². The first-order valence-corrected chi connectivity index (χ1v) is 17.3. The van der Waals surface area contributed by atoms with Crippen molar-refractivity contribution in [3.05, 3.63) is 52.4 Å². The molecule has 7 heteroatoms. The lowest BCUT2D eigenvalue weighted by molar-refractivity contribution is 0.144. The first-order valence-electron chi connectivity index (χ1n) is 17.3. The molecule has 4 unspecified atom stereocenters. The second-order valence-corrected chi connectivity index (χ2v) is 12.5. The highest BCUT2D eigenvalue weighted by atomic mass is 16.5. The number of benzene rings is 1. The number of ether oxygens (including phenoxy) is 1. The van der Waals surface area contributed by atoms with Crippen LogP contribution in [0.5, 0.6) is 5.88 Å². The minimum Gasteiger partial charge on any atom is -0.480 e. The summed E-state index contributed by atoms with van der Waals surface area (Å²) >= 11 is 0. The Kier molecular flexibility index (Phi) is 12.4. The van der Waals surface area contributed by atoms with Crippen LogP contribution < -0.4 is 15.6 Å². The molecule has 1 N–H and O–H groups in total. The molecule has 4 bridgehead atoms. The van der Waals surface area contributed by atoms with Crippen LogP contribution in [-0.4, -0.2) is 33.7 Å². The van der Waals surface area contributed by atoms with Gasteiger partial charge in [-0.05, 0) is 68.1 Å². The van der Waals surface area contributed by atoms with E-state index in [0.29, 0.717) is 29.3 Å². The Labute approximate surface area is 264 Å². The third kappa shape index (κ3) is 7.51. The van der Waals surface area contributed by atoms with Crippen molar-refractivity contribution in [3.63, 3.8) is 0 Å². The van der Waals surface area contributed by atoms with Crippen LogP contribution >= 0.6 is 0 Å². The van der Waals surface area contributed by atoms with E-state index < -0.39 is 0 Å². The normalized spacial score (nSPS) is 26.8. The first kappa shape index (κ1) is 33.6. The molecule has 2 aliphatic carbocycles. The molecule has 0 radical (unpaired) electrons. The standard InChI is InChI=1S/C24H25N5O2.C9H16.2C2H6/c1-14-7-8-17-10-18(11-20(14)27-17)29-21-6-4-3-5-19(21)28-22(24(29)30)16-9-15(12-25)23(31-2)26-13-16;1-3-8-5-2-6-9(4-1)7-8;2*1-2/h3-6,9,13-14,17-18,20,27H,7-8,10-11H2,1-2H3;8-9H,1-7H2;2*1-2H3. The SMILES string of the molecule is C1CC2CCCC(C1)C2.CC.CC.COc1ncc(-c2nc3ccccc3n(C3CC4CCC(C)C(C3)N4)c2=O)cc1C#N. The molecule has 7 nitrogen and oxygen atoms in total. The van der Waals surface area contributed by atoms with Gasteiger partial charge in [-0.2, -0.15) is 5.26 Å². The summed E-state index contributed by atoms with van der Waals surface area (Å²) in [7, 11) is 1.47. The Morgan fingerprint density at radius 1 is 0.955 bits per heavy atom. The predicted octanol–water partition coefficient (Wildman–Crippen LogP) is 8.46. The highest BCUT2D eigenvalue weighted by Gasteiger charge is 2.37. The van der Waals surface area contributed by atoms with Crippen LogP contribution in [0.2, 0.25) is 0 Å². The number of nitrogens with zero attached hydrogens (tertiary/aromatic N) is 4. The van der Waals surface area contributed by atoms with Crippen molar-refractivity contribution in [2.24, 2.45) is 17.8 Å². The van der Waals surface area contributed by atoms with Crippen LogP contribution in [0.1, 0.15) is 117 Å². The van der Waals surface area contributed by atoms with E-state index in [1.54, 1.807) is 44.4 Å². The van der Waals surface area contributed by atoms with Crippen molar-refractivity contribution in [2.75, 3.05) is 7.11 Å². The zero-order valence-electron chi connectivity index (χ0n) is 27.8. The van der Waals surface area contributed by atoms with Crippen LogP contribution in [0.25, 0.3) is 22.3 Å². The first-order chi connectivity index (χ1) is 21.5. The lowest BCUT2D eigenvalue weighted by Gasteiger charge is -2.44. The molecular formula is C37H53N5O2. The lowest BCUT2D eigenvalue weighted by Crippen LogP contribution is -2.53. The summed E-state index contributed by atoms with van der Waals surface area (Å²) in [6.45, 7) is 10.3. The number of nitriles is 1. The summed E-state index contributed by atoms with van der Waals surface area (Å²) in [5.74, 6) is 3.15. The van der Waals surface area contributed by atoms with Gasteiger partial charge in [0.05, 0.1) is 18.1 Å². The Morgan fingerprint density at radius 2 is 1.64 bits per heavy atom. The quantitative estimate of drug-likeness (QED) is 0.325. The smallest absolute Gasteiger partial charge is 0.277 e. The van der Waals surface area contributed by atoms with Gasteiger partial charge >= 0.3 is 0 Å². The second kappa shape index (κ2) is 16.2. The van der Waals surface area contributed by atoms with Crippen molar-refractivity contribution in [2.45, 2.75) is 123 Å². The van der Waals surface area contributed by atoms with Gasteiger partial charge < -0.3 is 14.6 Å². The van der Waals surface area contributed by atoms with Gasteiger partial charge in [-0.15, -0.1) is 0 Å². The molecule has 1 aromatic carbocycles. The van der Waals surface area contributed by atoms with E-state index in [4.69, 9.17) is 4.74 Å². The zero-order chi connectivity index (χ0) is 31.6. The van der Waals surface area contributed by atoms with E-state index in [1.807, 2.05) is 56.5 Å². The maximum atomic E-state index is 13.8. The maximum absolute atomic E-state index is 13.8. The van der Waals surface area contributed by atoms with Crippen molar-refractivity contribution in [3.8, 4) is 23.2 Å². The number of nitrogens with one attached hydrogen (secondary N) is 1. The summed E-state index contributed by atoms with van der Waals surface area (Å²) in [5.41, 5.74) is 2.63. The molecule has 0 amide bonds. The number of fused-ring (bicyclic) bond motifs is 5. The molecule has 44 heavy (non-hydrogen) atoms. The Balaban J connectivity index is 0.000000284. The summed E-state index contributed by atoms with van der Waals surface area (Å²) in [5, 5.41) is 13.2. The zero-order valence-corrected chi connectivity index (χ0v) is 27.8. The number of para-hydroxylation sites is 2. The molecular weight excluding hydrogens is 546 g/mol. The number of hydrogen-bond donors (Lipinski definition) is 1. The van der Waals surface area contributed by atoms with Crippen LogP contribution in [0.15, 0.2) is 41.3 Å². The third-order valence-corrected chi connectivity index (χ3v) is 9.90. The van der Waals surface area contributed by atoms with Gasteiger partial charge in [0, 0.05) is 29.9 Å². The molecule has 2 aliphatic heterocycles. The molecule has 7 rings (SSSR count). The molecule has 2 aromatic heterocycles. The summed E-state index contributed by atoms with van der Waals surface area (Å²) in [6.07, 6.45) is 16.7. The van der Waals surface area contributed by atoms with Gasteiger partial charge in [0.1, 0.15) is 17.3 Å². The van der Waals surface area contributed by atoms with Gasteiger partial charge in [-0.1, -0.05) is 85.3 Å². The molecule has 2 saturated heterocycles. The third-order valence-electron chi connectivity index (χ3n) is 9.90. The van der Waals surface area contributed by atoms with Gasteiger partial charge in [-0.3, -0.25) is 4.79 Å². The Morgan fingerprint density at radius 3 is 2.27 bits per heavy atom. The Hall–Kier alpha value is -3.24. The average molecular weight is 600 g/mol. The largest absolute Gasteiger partial charge is 0.480 e. The summed E-state index contributed by atoms with van der Waals surface area (Å²) < 4.78 is 7.09. The molecule has 2 saturated carbocycles. The van der Waals surface area contributed by atoms with E-state index in [2.05, 4.69) is 28.3 Å².